The van der Waals surface area contributed by atoms with Crippen molar-refractivity contribution < 1.29 is 9.47 Å². The molecule has 2 aliphatic heterocycles. The van der Waals surface area contributed by atoms with Crippen molar-refractivity contribution >= 4 is 11.6 Å². The van der Waals surface area contributed by atoms with Gasteiger partial charge in [0.15, 0.2) is 0 Å². The Bertz CT molecular complexity index is 426. The number of para-hydroxylation sites is 1. The van der Waals surface area contributed by atoms with Crippen LogP contribution < -0.4 is 4.74 Å². The lowest BCUT2D eigenvalue weighted by Crippen LogP contribution is -2.40. The van der Waals surface area contributed by atoms with Crippen LogP contribution in [0.4, 0.5) is 0 Å². The number of ether oxygens (including phenoxy) is 2. The molecule has 0 aliphatic carbocycles. The Labute approximate surface area is 125 Å². The first-order valence-electron chi connectivity index (χ1n) is 7.52. The third-order valence-corrected chi connectivity index (χ3v) is 4.52. The molecule has 0 N–H and O–H groups in total. The van der Waals surface area contributed by atoms with Gasteiger partial charge in [-0.15, -0.1) is 0 Å². The van der Waals surface area contributed by atoms with Gasteiger partial charge in [0.2, 0.25) is 0 Å². The summed E-state index contributed by atoms with van der Waals surface area (Å²) in [6.45, 7) is 5.29. The van der Waals surface area contributed by atoms with Gasteiger partial charge in [0.05, 0.1) is 11.6 Å². The average Bonchev–Trinajstić information content (AvgIpc) is 2.96. The minimum Gasteiger partial charge on any atom is -0.489 e. The maximum Gasteiger partial charge on any atom is 0.138 e. The second-order valence-corrected chi connectivity index (χ2v) is 6.19. The van der Waals surface area contributed by atoms with Gasteiger partial charge in [0.25, 0.3) is 0 Å². The van der Waals surface area contributed by atoms with Crippen LogP contribution in [0, 0.1) is 5.92 Å². The maximum absolute atomic E-state index is 6.14. The first kappa shape index (κ1) is 14.2. The molecule has 0 amide bonds. The second kappa shape index (κ2) is 6.79. The zero-order valence-corrected chi connectivity index (χ0v) is 12.5. The quantitative estimate of drug-likeness (QED) is 0.851. The lowest BCUT2D eigenvalue weighted by molar-refractivity contribution is 0.0881. The Morgan fingerprint density at radius 3 is 2.70 bits per heavy atom. The smallest absolute Gasteiger partial charge is 0.138 e. The molecule has 1 atom stereocenters. The SMILES string of the molecule is Clc1ccccc1OC1CCN(C[C@@H]2CCOC2)CC1. The maximum atomic E-state index is 6.14. The Balaban J connectivity index is 1.45. The number of hydrogen-bond donors (Lipinski definition) is 0. The van der Waals surface area contributed by atoms with E-state index in [0.717, 1.165) is 50.8 Å². The Morgan fingerprint density at radius 1 is 1.20 bits per heavy atom. The zero-order valence-electron chi connectivity index (χ0n) is 11.8. The minimum absolute atomic E-state index is 0.297. The molecule has 2 fully saturated rings. The number of likely N-dealkylation sites (tertiary alicyclic amines) is 1. The summed E-state index contributed by atoms with van der Waals surface area (Å²) in [6.07, 6.45) is 3.68. The summed E-state index contributed by atoms with van der Waals surface area (Å²) in [5.41, 5.74) is 0. The van der Waals surface area contributed by atoms with Gasteiger partial charge in [0.1, 0.15) is 11.9 Å². The largest absolute Gasteiger partial charge is 0.489 e. The number of halogens is 1. The highest BCUT2D eigenvalue weighted by molar-refractivity contribution is 6.32. The van der Waals surface area contributed by atoms with Crippen LogP contribution in [-0.4, -0.2) is 43.9 Å². The fourth-order valence-electron chi connectivity index (χ4n) is 3.02. The third kappa shape index (κ3) is 3.66. The summed E-state index contributed by atoms with van der Waals surface area (Å²) >= 11 is 6.14. The summed E-state index contributed by atoms with van der Waals surface area (Å²) in [7, 11) is 0. The lowest BCUT2D eigenvalue weighted by Gasteiger charge is -2.33. The third-order valence-electron chi connectivity index (χ3n) is 4.21. The van der Waals surface area contributed by atoms with E-state index in [4.69, 9.17) is 21.1 Å². The van der Waals surface area contributed by atoms with Crippen molar-refractivity contribution in [3.05, 3.63) is 29.3 Å². The molecule has 2 aliphatic rings. The van der Waals surface area contributed by atoms with Crippen molar-refractivity contribution in [2.75, 3.05) is 32.8 Å². The summed E-state index contributed by atoms with van der Waals surface area (Å²) in [6, 6.07) is 7.73. The predicted molar refractivity (Wildman–Crippen MR) is 80.5 cm³/mol. The van der Waals surface area contributed by atoms with Crippen LogP contribution in [0.3, 0.4) is 0 Å². The molecular weight excluding hydrogens is 274 g/mol. The van der Waals surface area contributed by atoms with E-state index in [-0.39, 0.29) is 0 Å². The van der Waals surface area contributed by atoms with E-state index in [2.05, 4.69) is 4.90 Å². The molecule has 20 heavy (non-hydrogen) atoms. The number of hydrogen-bond acceptors (Lipinski definition) is 3. The summed E-state index contributed by atoms with van der Waals surface area (Å²) < 4.78 is 11.5. The monoisotopic (exact) mass is 295 g/mol. The molecule has 3 nitrogen and oxygen atoms in total. The molecule has 110 valence electrons. The van der Waals surface area contributed by atoms with Gasteiger partial charge in [-0.1, -0.05) is 23.7 Å². The van der Waals surface area contributed by atoms with Gasteiger partial charge >= 0.3 is 0 Å². The second-order valence-electron chi connectivity index (χ2n) is 5.78. The van der Waals surface area contributed by atoms with E-state index < -0.39 is 0 Å². The molecule has 0 radical (unpaired) electrons. The fourth-order valence-corrected chi connectivity index (χ4v) is 3.20. The topological polar surface area (TPSA) is 21.7 Å². The van der Waals surface area contributed by atoms with Crippen molar-refractivity contribution in [2.45, 2.75) is 25.4 Å². The van der Waals surface area contributed by atoms with Crippen LogP contribution in [-0.2, 0) is 4.74 Å². The Hall–Kier alpha value is -0.770. The first-order valence-corrected chi connectivity index (χ1v) is 7.90. The number of nitrogens with zero attached hydrogens (tertiary/aromatic N) is 1. The van der Waals surface area contributed by atoms with Crippen LogP contribution in [0.1, 0.15) is 19.3 Å². The summed E-state index contributed by atoms with van der Waals surface area (Å²) in [5.74, 6) is 1.55. The van der Waals surface area contributed by atoms with E-state index in [1.165, 1.54) is 13.0 Å². The highest BCUT2D eigenvalue weighted by Crippen LogP contribution is 2.27. The molecule has 0 aromatic heterocycles. The molecule has 2 heterocycles. The lowest BCUT2D eigenvalue weighted by atomic mass is 10.0. The van der Waals surface area contributed by atoms with Crippen LogP contribution >= 0.6 is 11.6 Å². The Morgan fingerprint density at radius 2 is 2.00 bits per heavy atom. The molecule has 3 rings (SSSR count). The standard InChI is InChI=1S/C16H22ClNO2/c17-15-3-1-2-4-16(15)20-14-5-8-18(9-6-14)11-13-7-10-19-12-13/h1-4,13-14H,5-12H2/t13-/m0/s1. The average molecular weight is 296 g/mol. The molecule has 1 aromatic rings. The Kier molecular flexibility index (Phi) is 4.81. The van der Waals surface area contributed by atoms with Crippen molar-refractivity contribution in [1.82, 2.24) is 4.90 Å². The van der Waals surface area contributed by atoms with Gasteiger partial charge in [-0.3, -0.25) is 0 Å². The van der Waals surface area contributed by atoms with Crippen LogP contribution in [0.15, 0.2) is 24.3 Å². The van der Waals surface area contributed by atoms with Crippen LogP contribution in [0.2, 0.25) is 5.02 Å². The zero-order chi connectivity index (χ0) is 13.8. The highest BCUT2D eigenvalue weighted by Gasteiger charge is 2.24. The molecule has 0 saturated carbocycles. The van der Waals surface area contributed by atoms with E-state index in [9.17, 15) is 0 Å². The van der Waals surface area contributed by atoms with Gasteiger partial charge in [-0.25, -0.2) is 0 Å². The highest BCUT2D eigenvalue weighted by atomic mass is 35.5. The van der Waals surface area contributed by atoms with E-state index in [0.29, 0.717) is 11.1 Å². The molecule has 0 unspecified atom stereocenters. The molecular formula is C16H22ClNO2. The normalized spacial score (nSPS) is 24.9. The van der Waals surface area contributed by atoms with Crippen molar-refractivity contribution in [3.63, 3.8) is 0 Å². The van der Waals surface area contributed by atoms with Gasteiger partial charge in [-0.2, -0.15) is 0 Å². The van der Waals surface area contributed by atoms with Crippen molar-refractivity contribution in [1.29, 1.82) is 0 Å². The number of benzene rings is 1. The van der Waals surface area contributed by atoms with Crippen molar-refractivity contribution in [2.24, 2.45) is 5.92 Å². The van der Waals surface area contributed by atoms with Gasteiger partial charge in [0, 0.05) is 26.2 Å². The number of rotatable bonds is 4. The predicted octanol–water partition coefficient (Wildman–Crippen LogP) is 3.22. The molecule has 2 saturated heterocycles. The molecule has 1 aromatic carbocycles. The van der Waals surface area contributed by atoms with E-state index in [1.54, 1.807) is 0 Å². The molecule has 0 spiro atoms. The van der Waals surface area contributed by atoms with Gasteiger partial charge in [-0.05, 0) is 37.3 Å². The summed E-state index contributed by atoms with van der Waals surface area (Å²) in [5, 5.41) is 0.707. The number of piperidine rings is 1. The van der Waals surface area contributed by atoms with Gasteiger partial charge < -0.3 is 14.4 Å². The minimum atomic E-state index is 0.297. The van der Waals surface area contributed by atoms with Crippen LogP contribution in [0.5, 0.6) is 5.75 Å². The summed E-state index contributed by atoms with van der Waals surface area (Å²) in [4.78, 5) is 2.55. The first-order chi connectivity index (χ1) is 9.81. The van der Waals surface area contributed by atoms with Crippen molar-refractivity contribution in [3.8, 4) is 5.75 Å². The molecule has 4 heteroatoms. The van der Waals surface area contributed by atoms with E-state index in [1.807, 2.05) is 24.3 Å². The molecule has 0 bridgehead atoms. The van der Waals surface area contributed by atoms with E-state index >= 15 is 0 Å². The van der Waals surface area contributed by atoms with Crippen LogP contribution in [0.25, 0.3) is 0 Å². The fraction of sp³-hybridized carbons (Fsp3) is 0.625.